The Labute approximate surface area is 393 Å². The SMILES string of the molecule is CCn1nc(C2CC2)cc1Nc1nc(C(=O)NCCOCCOCCOCCOCCCc2cccc3c2CN(C2CCC(=O)CC2=O)C3=O)nc2[nH]c3cc(-c4c(C)noc4C)c(C)cc3c12. The van der Waals surface area contributed by atoms with Gasteiger partial charge in [-0.05, 0) is 100 Å². The molecule has 1 atom stereocenters. The fourth-order valence-electron chi connectivity index (χ4n) is 9.29. The zero-order valence-corrected chi connectivity index (χ0v) is 39.2. The van der Waals surface area contributed by atoms with Crippen molar-refractivity contribution in [2.75, 3.05) is 64.7 Å². The van der Waals surface area contributed by atoms with Gasteiger partial charge in [0.15, 0.2) is 5.78 Å². The molecule has 358 valence electrons. The minimum Gasteiger partial charge on any atom is -0.379 e. The number of Topliss-reactive ketones (excluding diaryl/α,β-unsaturated/α-hetero) is 2. The van der Waals surface area contributed by atoms with E-state index in [9.17, 15) is 19.2 Å². The number of ether oxygens (including phenoxy) is 4. The molecule has 2 aromatic carbocycles. The van der Waals surface area contributed by atoms with Crippen molar-refractivity contribution in [3.05, 3.63) is 81.6 Å². The van der Waals surface area contributed by atoms with Gasteiger partial charge >= 0.3 is 0 Å². The molecule has 1 aliphatic heterocycles. The number of nitrogens with zero attached hydrogens (tertiary/aromatic N) is 6. The van der Waals surface area contributed by atoms with Gasteiger partial charge in [-0.3, -0.25) is 19.2 Å². The first-order valence-electron chi connectivity index (χ1n) is 23.7. The second-order valence-electron chi connectivity index (χ2n) is 17.7. The van der Waals surface area contributed by atoms with E-state index in [-0.39, 0.29) is 42.9 Å². The van der Waals surface area contributed by atoms with Crippen molar-refractivity contribution < 1.29 is 42.6 Å². The van der Waals surface area contributed by atoms with E-state index in [1.807, 2.05) is 36.7 Å². The zero-order valence-electron chi connectivity index (χ0n) is 39.2. The second kappa shape index (κ2) is 20.9. The Kier molecular flexibility index (Phi) is 14.4. The lowest BCUT2D eigenvalue weighted by Crippen LogP contribution is -2.44. The number of carbonyl (C=O) groups is 4. The summed E-state index contributed by atoms with van der Waals surface area (Å²) in [6.07, 6.45) is 4.46. The predicted molar refractivity (Wildman–Crippen MR) is 252 cm³/mol. The van der Waals surface area contributed by atoms with Crippen LogP contribution in [0.4, 0.5) is 11.6 Å². The molecule has 68 heavy (non-hydrogen) atoms. The number of amides is 2. The van der Waals surface area contributed by atoms with Crippen LogP contribution in [0.5, 0.6) is 0 Å². The van der Waals surface area contributed by atoms with E-state index < -0.39 is 11.9 Å². The normalized spacial score (nSPS) is 16.1. The average Bonchev–Trinajstić information content (AvgIpc) is 3.71. The maximum atomic E-state index is 13.5. The molecule has 4 aromatic heterocycles. The Hall–Kier alpha value is -6.34. The standard InChI is InChI=1S/C50H59N9O9/c1-5-59-43(27-39(56-59)33-11-12-33)53-47-45-37-24-29(2)36(44-30(3)57-68-31(44)4)26-40(37)52-46(45)54-48(55-47)49(62)51-15-17-65-19-21-67-23-22-66-20-18-64-16-7-9-32-8-6-10-35-38(32)28-58(50(35)63)41-14-13-34(60)25-42(41)61/h6,8,10,24,26-27,33,41H,5,7,9,11-23,25,28H2,1-4H3,(H,51,62)(H2,52,53,54,55). The summed E-state index contributed by atoms with van der Waals surface area (Å²) in [4.78, 5) is 65.5. The third-order valence-electron chi connectivity index (χ3n) is 12.9. The molecular formula is C50H59N9O9. The number of rotatable bonds is 23. The van der Waals surface area contributed by atoms with Crippen LogP contribution in [0.15, 0.2) is 40.9 Å². The van der Waals surface area contributed by atoms with Crippen molar-refractivity contribution in [3.8, 4) is 11.1 Å². The lowest BCUT2D eigenvalue weighted by atomic mass is 9.92. The number of hydrogen-bond acceptors (Lipinski definition) is 14. The van der Waals surface area contributed by atoms with E-state index in [1.165, 1.54) is 0 Å². The molecule has 0 saturated heterocycles. The van der Waals surface area contributed by atoms with Gasteiger partial charge < -0.3 is 44.0 Å². The Morgan fingerprint density at radius 3 is 2.35 bits per heavy atom. The Morgan fingerprint density at radius 2 is 1.65 bits per heavy atom. The van der Waals surface area contributed by atoms with Crippen molar-refractivity contribution in [1.29, 1.82) is 0 Å². The maximum absolute atomic E-state index is 13.5. The number of anilines is 2. The number of aromatic amines is 1. The molecule has 3 aliphatic rings. The van der Waals surface area contributed by atoms with Crippen molar-refractivity contribution >= 4 is 57.0 Å². The molecule has 18 heteroatoms. The van der Waals surface area contributed by atoms with Crippen molar-refractivity contribution in [2.45, 2.75) is 97.7 Å². The molecule has 0 spiro atoms. The van der Waals surface area contributed by atoms with E-state index >= 15 is 0 Å². The van der Waals surface area contributed by atoms with E-state index in [0.717, 1.165) is 92.8 Å². The number of fused-ring (bicyclic) bond motifs is 4. The molecule has 0 bridgehead atoms. The van der Waals surface area contributed by atoms with Gasteiger partial charge in [-0.15, -0.1) is 0 Å². The molecule has 6 aromatic rings. The summed E-state index contributed by atoms with van der Waals surface area (Å²) in [7, 11) is 0. The Morgan fingerprint density at radius 1 is 0.897 bits per heavy atom. The first-order chi connectivity index (χ1) is 33.1. The predicted octanol–water partition coefficient (Wildman–Crippen LogP) is 6.60. The smallest absolute Gasteiger partial charge is 0.289 e. The molecule has 2 aliphatic carbocycles. The van der Waals surface area contributed by atoms with Gasteiger partial charge in [-0.2, -0.15) is 5.10 Å². The Bertz CT molecular complexity index is 2820. The Balaban J connectivity index is 0.689. The summed E-state index contributed by atoms with van der Waals surface area (Å²) in [5, 5.41) is 17.1. The monoisotopic (exact) mass is 929 g/mol. The van der Waals surface area contributed by atoms with E-state index in [0.29, 0.717) is 95.1 Å². The lowest BCUT2D eigenvalue weighted by Gasteiger charge is -2.29. The van der Waals surface area contributed by atoms with Crippen LogP contribution >= 0.6 is 0 Å². The van der Waals surface area contributed by atoms with Gasteiger partial charge in [0, 0.05) is 66.7 Å². The van der Waals surface area contributed by atoms with Gasteiger partial charge in [-0.25, -0.2) is 14.6 Å². The van der Waals surface area contributed by atoms with Gasteiger partial charge in [-0.1, -0.05) is 17.3 Å². The molecule has 2 saturated carbocycles. The summed E-state index contributed by atoms with van der Waals surface area (Å²) in [5.41, 5.74) is 8.93. The van der Waals surface area contributed by atoms with Crippen LogP contribution < -0.4 is 10.6 Å². The average molecular weight is 930 g/mol. The van der Waals surface area contributed by atoms with Crippen LogP contribution in [0.3, 0.4) is 0 Å². The summed E-state index contributed by atoms with van der Waals surface area (Å²) in [6.45, 7) is 12.5. The minimum atomic E-state index is -0.518. The molecule has 18 nitrogen and oxygen atoms in total. The quantitative estimate of drug-likeness (QED) is 0.0456. The maximum Gasteiger partial charge on any atom is 0.289 e. The zero-order chi connectivity index (χ0) is 47.3. The van der Waals surface area contributed by atoms with E-state index in [4.69, 9.17) is 38.5 Å². The number of benzene rings is 2. The van der Waals surface area contributed by atoms with Crippen LogP contribution in [-0.2, 0) is 48.0 Å². The van der Waals surface area contributed by atoms with E-state index in [2.05, 4.69) is 52.8 Å². The number of hydrogen-bond donors (Lipinski definition) is 3. The lowest BCUT2D eigenvalue weighted by molar-refractivity contribution is -0.133. The molecule has 9 rings (SSSR count). The van der Waals surface area contributed by atoms with Gasteiger partial charge in [0.2, 0.25) is 5.82 Å². The highest BCUT2D eigenvalue weighted by molar-refractivity contribution is 6.14. The molecule has 2 amide bonds. The van der Waals surface area contributed by atoms with Crippen LogP contribution in [0.1, 0.15) is 106 Å². The second-order valence-corrected chi connectivity index (χ2v) is 17.7. The van der Waals surface area contributed by atoms with Crippen molar-refractivity contribution in [1.82, 2.24) is 40.1 Å². The minimum absolute atomic E-state index is 0.0186. The van der Waals surface area contributed by atoms with Crippen LogP contribution in [0.25, 0.3) is 33.1 Å². The molecule has 5 heterocycles. The molecule has 1 unspecified atom stereocenters. The fourth-order valence-corrected chi connectivity index (χ4v) is 9.29. The summed E-state index contributed by atoms with van der Waals surface area (Å²) in [5.74, 6) is 1.78. The number of ketones is 2. The van der Waals surface area contributed by atoms with Crippen LogP contribution in [-0.4, -0.2) is 124 Å². The summed E-state index contributed by atoms with van der Waals surface area (Å²) < 4.78 is 30.2. The highest BCUT2D eigenvalue weighted by Gasteiger charge is 2.39. The molecule has 2 fully saturated rings. The van der Waals surface area contributed by atoms with Gasteiger partial charge in [0.1, 0.15) is 28.8 Å². The van der Waals surface area contributed by atoms with Crippen LogP contribution in [0, 0.1) is 20.8 Å². The highest BCUT2D eigenvalue weighted by atomic mass is 16.6. The first kappa shape index (κ1) is 46.8. The molecular weight excluding hydrogens is 871 g/mol. The van der Waals surface area contributed by atoms with E-state index in [1.54, 1.807) is 4.90 Å². The number of carbonyl (C=O) groups excluding carboxylic acids is 4. The highest BCUT2D eigenvalue weighted by Crippen LogP contribution is 2.42. The third-order valence-corrected chi connectivity index (χ3v) is 12.9. The molecule has 0 radical (unpaired) electrons. The fraction of sp³-hybridized carbons (Fsp3) is 0.480. The van der Waals surface area contributed by atoms with Crippen molar-refractivity contribution in [2.24, 2.45) is 0 Å². The number of aromatic nitrogens is 6. The number of aryl methyl sites for hydroxylation is 5. The topological polar surface area (TPSA) is 218 Å². The number of nitrogens with one attached hydrogen (secondary N) is 3. The van der Waals surface area contributed by atoms with Gasteiger partial charge in [0.25, 0.3) is 11.8 Å². The van der Waals surface area contributed by atoms with Crippen LogP contribution in [0.2, 0.25) is 0 Å². The first-order valence-corrected chi connectivity index (χ1v) is 23.7. The number of H-pyrrole nitrogens is 1. The third kappa shape index (κ3) is 10.2. The van der Waals surface area contributed by atoms with Gasteiger partial charge in [0.05, 0.1) is 75.5 Å². The summed E-state index contributed by atoms with van der Waals surface area (Å²) >= 11 is 0. The molecule has 3 N–H and O–H groups in total. The largest absolute Gasteiger partial charge is 0.379 e. The van der Waals surface area contributed by atoms with Crippen molar-refractivity contribution in [3.63, 3.8) is 0 Å². The summed E-state index contributed by atoms with van der Waals surface area (Å²) in [6, 6.07) is 11.5.